The fraction of sp³-hybridized carbons (Fsp3) is 0.267. The minimum Gasteiger partial charge on any atom is -0.391 e. The lowest BCUT2D eigenvalue weighted by Gasteiger charge is -2.27. The van der Waals surface area contributed by atoms with Gasteiger partial charge in [-0.1, -0.05) is 12.1 Å². The van der Waals surface area contributed by atoms with Crippen LogP contribution in [0, 0.1) is 5.82 Å². The quantitative estimate of drug-likeness (QED) is 0.658. The smallest absolute Gasteiger partial charge is 0.263 e. The molecule has 3 N–H and O–H groups in total. The zero-order valence-electron chi connectivity index (χ0n) is 12.0. The molecule has 0 saturated carbocycles. The first-order chi connectivity index (χ1) is 11.1. The number of aromatic amines is 2. The number of anilines is 1. The van der Waals surface area contributed by atoms with Crippen molar-refractivity contribution in [2.75, 3.05) is 11.4 Å². The third-order valence-corrected chi connectivity index (χ3v) is 4.14. The summed E-state index contributed by atoms with van der Waals surface area (Å²) in [5, 5.41) is 17.2. The lowest BCUT2D eigenvalue weighted by Crippen LogP contribution is -2.30. The highest BCUT2D eigenvalue weighted by molar-refractivity contribution is 5.73. The fourth-order valence-corrected chi connectivity index (χ4v) is 3.08. The highest BCUT2D eigenvalue weighted by atomic mass is 19.1. The maximum atomic E-state index is 13.5. The summed E-state index contributed by atoms with van der Waals surface area (Å²) in [6, 6.07) is 5.63. The standard InChI is InChI=1S/C15H14FN5O2/c16-9-3-1-2-8(6-9)12-11(22)4-5-21(12)15-18-13-10(7-17-20-13)14(23)19-15/h1-3,6-7,11-12,22H,4-5H2,(H2,17,18,19,20,23)/t11-,12-/m1/s1. The molecule has 7 nitrogen and oxygen atoms in total. The molecule has 23 heavy (non-hydrogen) atoms. The van der Waals surface area contributed by atoms with Crippen LogP contribution in [0.5, 0.6) is 0 Å². The monoisotopic (exact) mass is 315 g/mol. The molecular weight excluding hydrogens is 301 g/mol. The summed E-state index contributed by atoms with van der Waals surface area (Å²) in [5.41, 5.74) is 0.712. The highest BCUT2D eigenvalue weighted by Gasteiger charge is 2.35. The average Bonchev–Trinajstić information content (AvgIpc) is 3.13. The normalized spacial score (nSPS) is 21.2. The minimum absolute atomic E-state index is 0.307. The van der Waals surface area contributed by atoms with Crippen LogP contribution in [0.3, 0.4) is 0 Å². The van der Waals surface area contributed by atoms with Gasteiger partial charge in [-0.05, 0) is 24.1 Å². The van der Waals surface area contributed by atoms with Crippen molar-refractivity contribution in [3.05, 3.63) is 52.2 Å². The third-order valence-electron chi connectivity index (χ3n) is 4.14. The molecule has 1 aliphatic rings. The van der Waals surface area contributed by atoms with E-state index in [1.807, 2.05) is 0 Å². The Balaban J connectivity index is 1.80. The van der Waals surface area contributed by atoms with E-state index in [0.717, 1.165) is 0 Å². The Hall–Kier alpha value is -2.74. The van der Waals surface area contributed by atoms with Crippen LogP contribution in [0.2, 0.25) is 0 Å². The molecular formula is C15H14FN5O2. The number of hydrogen-bond acceptors (Lipinski definition) is 5. The first kappa shape index (κ1) is 13.9. The van der Waals surface area contributed by atoms with Crippen LogP contribution < -0.4 is 10.5 Å². The molecule has 2 atom stereocenters. The van der Waals surface area contributed by atoms with Gasteiger partial charge >= 0.3 is 0 Å². The van der Waals surface area contributed by atoms with E-state index >= 15 is 0 Å². The molecule has 0 aliphatic carbocycles. The molecule has 0 bridgehead atoms. The number of aromatic nitrogens is 4. The van der Waals surface area contributed by atoms with Gasteiger partial charge < -0.3 is 10.0 Å². The summed E-state index contributed by atoms with van der Waals surface area (Å²) in [6.45, 7) is 0.505. The lowest BCUT2D eigenvalue weighted by molar-refractivity contribution is 0.164. The van der Waals surface area contributed by atoms with Gasteiger partial charge in [0.25, 0.3) is 5.56 Å². The number of aliphatic hydroxyl groups is 1. The third kappa shape index (κ3) is 2.27. The summed E-state index contributed by atoms with van der Waals surface area (Å²) >= 11 is 0. The van der Waals surface area contributed by atoms with E-state index in [0.29, 0.717) is 35.5 Å². The minimum atomic E-state index is -0.667. The predicted octanol–water partition coefficient (Wildman–Crippen LogP) is 1.10. The second-order valence-corrected chi connectivity index (χ2v) is 5.57. The van der Waals surface area contributed by atoms with Crippen LogP contribution in [0.1, 0.15) is 18.0 Å². The number of rotatable bonds is 2. The number of halogens is 1. The zero-order chi connectivity index (χ0) is 16.0. The average molecular weight is 315 g/mol. The van der Waals surface area contributed by atoms with E-state index in [-0.39, 0.29) is 11.4 Å². The van der Waals surface area contributed by atoms with Gasteiger partial charge in [0.15, 0.2) is 5.65 Å². The van der Waals surface area contributed by atoms with Gasteiger partial charge in [-0.25, -0.2) is 4.39 Å². The molecule has 3 aromatic rings. The number of H-pyrrole nitrogens is 2. The second kappa shape index (κ2) is 5.17. The second-order valence-electron chi connectivity index (χ2n) is 5.57. The van der Waals surface area contributed by atoms with E-state index in [4.69, 9.17) is 0 Å². The topological polar surface area (TPSA) is 97.9 Å². The number of nitrogens with one attached hydrogen (secondary N) is 2. The van der Waals surface area contributed by atoms with Crippen molar-refractivity contribution in [2.24, 2.45) is 0 Å². The fourth-order valence-electron chi connectivity index (χ4n) is 3.08. The number of aliphatic hydroxyl groups excluding tert-OH is 1. The van der Waals surface area contributed by atoms with E-state index in [9.17, 15) is 14.3 Å². The van der Waals surface area contributed by atoms with Crippen molar-refractivity contribution in [3.63, 3.8) is 0 Å². The molecule has 2 aromatic heterocycles. The maximum absolute atomic E-state index is 13.5. The van der Waals surface area contributed by atoms with Gasteiger partial charge in [0.2, 0.25) is 5.95 Å². The molecule has 3 heterocycles. The van der Waals surface area contributed by atoms with Crippen molar-refractivity contribution < 1.29 is 9.50 Å². The van der Waals surface area contributed by atoms with Gasteiger partial charge in [0.1, 0.15) is 11.2 Å². The summed E-state index contributed by atoms with van der Waals surface area (Å²) < 4.78 is 13.5. The van der Waals surface area contributed by atoms with Crippen LogP contribution in [-0.2, 0) is 0 Å². The Labute approximate surface area is 129 Å². The zero-order valence-corrected chi connectivity index (χ0v) is 12.0. The van der Waals surface area contributed by atoms with Crippen molar-refractivity contribution in [1.29, 1.82) is 0 Å². The largest absolute Gasteiger partial charge is 0.391 e. The Morgan fingerprint density at radius 1 is 1.39 bits per heavy atom. The molecule has 4 rings (SSSR count). The van der Waals surface area contributed by atoms with Crippen LogP contribution >= 0.6 is 0 Å². The molecule has 8 heteroatoms. The molecule has 0 unspecified atom stereocenters. The van der Waals surface area contributed by atoms with Crippen LogP contribution in [-0.4, -0.2) is 37.9 Å². The summed E-state index contributed by atoms with van der Waals surface area (Å²) in [4.78, 5) is 20.9. The summed E-state index contributed by atoms with van der Waals surface area (Å²) in [5.74, 6) is -0.0374. The molecule has 1 aliphatic heterocycles. The van der Waals surface area contributed by atoms with Gasteiger partial charge in [0, 0.05) is 6.54 Å². The Bertz CT molecular complexity index is 921. The van der Waals surface area contributed by atoms with Crippen LogP contribution in [0.4, 0.5) is 10.3 Å². The molecule has 1 aromatic carbocycles. The number of nitrogens with zero attached hydrogens (tertiary/aromatic N) is 3. The Morgan fingerprint density at radius 3 is 3.09 bits per heavy atom. The Morgan fingerprint density at radius 2 is 2.26 bits per heavy atom. The first-order valence-corrected chi connectivity index (χ1v) is 7.27. The Kier molecular flexibility index (Phi) is 3.12. The molecule has 118 valence electrons. The number of benzene rings is 1. The number of fused-ring (bicyclic) bond motifs is 1. The highest BCUT2D eigenvalue weighted by Crippen LogP contribution is 2.34. The van der Waals surface area contributed by atoms with Crippen LogP contribution in [0.15, 0.2) is 35.3 Å². The van der Waals surface area contributed by atoms with Gasteiger partial charge in [-0.3, -0.25) is 14.9 Å². The van der Waals surface area contributed by atoms with Gasteiger partial charge in [-0.15, -0.1) is 0 Å². The lowest BCUT2D eigenvalue weighted by atomic mass is 10.0. The molecule has 0 radical (unpaired) electrons. The van der Waals surface area contributed by atoms with E-state index in [2.05, 4.69) is 20.2 Å². The van der Waals surface area contributed by atoms with Crippen molar-refractivity contribution in [1.82, 2.24) is 20.2 Å². The van der Waals surface area contributed by atoms with Crippen LogP contribution in [0.25, 0.3) is 11.0 Å². The van der Waals surface area contributed by atoms with E-state index in [1.54, 1.807) is 17.0 Å². The maximum Gasteiger partial charge on any atom is 0.263 e. The van der Waals surface area contributed by atoms with Gasteiger partial charge in [0.05, 0.1) is 18.3 Å². The van der Waals surface area contributed by atoms with E-state index in [1.165, 1.54) is 18.3 Å². The molecule has 0 amide bonds. The molecule has 0 spiro atoms. The number of hydrogen-bond donors (Lipinski definition) is 3. The van der Waals surface area contributed by atoms with E-state index < -0.39 is 12.1 Å². The molecule has 1 fully saturated rings. The first-order valence-electron chi connectivity index (χ1n) is 7.27. The SMILES string of the molecule is O=c1[nH]c(N2CC[C@@H](O)[C@H]2c2cccc(F)c2)nc2[nH]ncc12. The van der Waals surface area contributed by atoms with Gasteiger partial charge in [-0.2, -0.15) is 10.1 Å². The molecule has 1 saturated heterocycles. The van der Waals surface area contributed by atoms with Crippen molar-refractivity contribution in [3.8, 4) is 0 Å². The van der Waals surface area contributed by atoms with Crippen molar-refractivity contribution in [2.45, 2.75) is 18.6 Å². The summed E-state index contributed by atoms with van der Waals surface area (Å²) in [7, 11) is 0. The predicted molar refractivity (Wildman–Crippen MR) is 81.6 cm³/mol. The summed E-state index contributed by atoms with van der Waals surface area (Å²) in [6.07, 6.45) is 1.25. The van der Waals surface area contributed by atoms with Crippen molar-refractivity contribution >= 4 is 17.0 Å².